The largest absolute Gasteiger partial charge is 0.458 e. The van der Waals surface area contributed by atoms with Gasteiger partial charge in [-0.3, -0.25) is 9.59 Å². The minimum Gasteiger partial charge on any atom is -0.458 e. The van der Waals surface area contributed by atoms with Crippen LogP contribution >= 0.6 is 0 Å². The molecule has 4 nitrogen and oxygen atoms in total. The fraction of sp³-hybridized carbons (Fsp3) is 0.909. The second-order valence-corrected chi connectivity index (χ2v) is 11.4. The lowest BCUT2D eigenvalue weighted by molar-refractivity contribution is -0.165. The van der Waals surface area contributed by atoms with Crippen molar-refractivity contribution in [3.05, 3.63) is 0 Å². The van der Waals surface area contributed by atoms with Crippen LogP contribution in [0.4, 0.5) is 0 Å². The van der Waals surface area contributed by atoms with Crippen molar-refractivity contribution in [2.45, 2.75) is 63.6 Å². The van der Waals surface area contributed by atoms with Crippen LogP contribution in [-0.4, -0.2) is 23.1 Å². The zero-order valence-corrected chi connectivity index (χ0v) is 15.5. The molecule has 12 atom stereocenters. The second kappa shape index (κ2) is 3.39. The van der Waals surface area contributed by atoms with Crippen molar-refractivity contribution in [2.75, 3.05) is 0 Å². The minimum atomic E-state index is -0.327. The van der Waals surface area contributed by atoms with Gasteiger partial charge in [-0.2, -0.15) is 0 Å². The predicted molar refractivity (Wildman–Crippen MR) is 89.5 cm³/mol. The molecule has 2 spiro atoms. The number of hydrogen-bond acceptors (Lipinski definition) is 4. The number of esters is 2. The number of fused-ring (bicyclic) bond motifs is 4. The highest BCUT2D eigenvalue weighted by atomic mass is 16.6. The Morgan fingerprint density at radius 1 is 0.769 bits per heavy atom. The van der Waals surface area contributed by atoms with Crippen LogP contribution in [0.2, 0.25) is 0 Å². The molecule has 0 aromatic heterocycles. The van der Waals surface area contributed by atoms with E-state index in [1.165, 1.54) is 0 Å². The molecule has 0 N–H and O–H groups in total. The lowest BCUT2D eigenvalue weighted by atomic mass is 9.63. The number of rotatable bonds is 0. The maximum Gasteiger partial charge on any atom is 0.313 e. The van der Waals surface area contributed by atoms with Crippen LogP contribution in [0.1, 0.15) is 52.4 Å². The maximum absolute atomic E-state index is 13.4. The van der Waals surface area contributed by atoms with Crippen LogP contribution < -0.4 is 0 Å². The van der Waals surface area contributed by atoms with Gasteiger partial charge in [-0.25, -0.2) is 0 Å². The third-order valence-corrected chi connectivity index (χ3v) is 11.5. The van der Waals surface area contributed by atoms with E-state index in [1.54, 1.807) is 0 Å². The third-order valence-electron chi connectivity index (χ3n) is 11.5. The molecule has 4 heteroatoms. The van der Waals surface area contributed by atoms with Crippen LogP contribution in [-0.2, 0) is 19.1 Å². The molecule has 6 saturated carbocycles. The number of carbonyl (C=O) groups is 2. The van der Waals surface area contributed by atoms with Gasteiger partial charge < -0.3 is 9.47 Å². The first-order valence-corrected chi connectivity index (χ1v) is 10.9. The summed E-state index contributed by atoms with van der Waals surface area (Å²) in [6.45, 7) is 4.50. The highest BCUT2D eigenvalue weighted by Crippen LogP contribution is 2.90. The Morgan fingerprint density at radius 2 is 1.19 bits per heavy atom. The third kappa shape index (κ3) is 0.897. The molecular weight excluding hydrogens is 328 g/mol. The Balaban J connectivity index is 1.49. The van der Waals surface area contributed by atoms with E-state index in [0.29, 0.717) is 47.3 Å². The van der Waals surface area contributed by atoms with Gasteiger partial charge in [-0.05, 0) is 76.0 Å². The minimum absolute atomic E-state index is 0.0994. The molecule has 8 rings (SSSR count). The van der Waals surface area contributed by atoms with Gasteiger partial charge in [-0.15, -0.1) is 0 Å². The highest BCUT2D eigenvalue weighted by Gasteiger charge is 2.95. The SMILES string of the molecule is C[C@]12C(=O)O[C@@]34CCC[C@H]3[C@H]3[C@@H]([C@H]5[C@@H]1[C@H]1CCC[C@]16OC(=O)[C@@]3(C)[C@H]56)[C@@H]42. The normalized spacial score (nSPS) is 72.7. The van der Waals surface area contributed by atoms with E-state index in [4.69, 9.17) is 9.47 Å². The molecule has 2 aliphatic heterocycles. The molecule has 8 fully saturated rings. The van der Waals surface area contributed by atoms with Crippen molar-refractivity contribution in [3.8, 4) is 0 Å². The molecule has 0 unspecified atom stereocenters. The molecule has 26 heavy (non-hydrogen) atoms. The predicted octanol–water partition coefficient (Wildman–Crippen LogP) is 2.94. The monoisotopic (exact) mass is 354 g/mol. The molecular formula is C22H26O4. The fourth-order valence-electron chi connectivity index (χ4n) is 11.7. The first-order chi connectivity index (χ1) is 12.4. The lowest BCUT2D eigenvalue weighted by Gasteiger charge is -2.38. The number of hydrogen-bond donors (Lipinski definition) is 0. The summed E-state index contributed by atoms with van der Waals surface area (Å²) in [5.74, 6) is 3.52. The molecule has 0 radical (unpaired) electrons. The van der Waals surface area contributed by atoms with Gasteiger partial charge in [-0.1, -0.05) is 0 Å². The summed E-state index contributed by atoms with van der Waals surface area (Å²) < 4.78 is 12.8. The summed E-state index contributed by atoms with van der Waals surface area (Å²) in [5, 5.41) is 0. The quantitative estimate of drug-likeness (QED) is 0.628. The molecule has 0 aromatic rings. The van der Waals surface area contributed by atoms with E-state index in [9.17, 15) is 9.59 Å². The van der Waals surface area contributed by atoms with Crippen molar-refractivity contribution in [3.63, 3.8) is 0 Å². The van der Waals surface area contributed by atoms with Crippen molar-refractivity contribution < 1.29 is 19.1 Å². The van der Waals surface area contributed by atoms with Crippen molar-refractivity contribution in [1.82, 2.24) is 0 Å². The van der Waals surface area contributed by atoms with Crippen LogP contribution in [0.5, 0.6) is 0 Å². The van der Waals surface area contributed by atoms with Gasteiger partial charge in [0.25, 0.3) is 0 Å². The van der Waals surface area contributed by atoms with E-state index in [-0.39, 0.29) is 34.0 Å². The fourth-order valence-corrected chi connectivity index (χ4v) is 11.7. The van der Waals surface area contributed by atoms with E-state index in [1.807, 2.05) is 0 Å². The topological polar surface area (TPSA) is 52.6 Å². The maximum atomic E-state index is 13.4. The number of ether oxygens (including phenoxy) is 2. The molecule has 6 aliphatic carbocycles. The Bertz CT molecular complexity index is 768. The van der Waals surface area contributed by atoms with Gasteiger partial charge in [0.1, 0.15) is 11.2 Å². The van der Waals surface area contributed by atoms with Gasteiger partial charge in [0.05, 0.1) is 10.8 Å². The molecule has 0 bridgehead atoms. The van der Waals surface area contributed by atoms with Gasteiger partial charge >= 0.3 is 11.9 Å². The summed E-state index contributed by atoms with van der Waals surface area (Å²) >= 11 is 0. The van der Waals surface area contributed by atoms with Crippen LogP contribution in [0.15, 0.2) is 0 Å². The van der Waals surface area contributed by atoms with Crippen molar-refractivity contribution in [1.29, 1.82) is 0 Å². The van der Waals surface area contributed by atoms with Crippen LogP contribution in [0.25, 0.3) is 0 Å². The summed E-state index contributed by atoms with van der Waals surface area (Å²) in [5.41, 5.74) is -1.15. The van der Waals surface area contributed by atoms with Crippen LogP contribution in [0, 0.1) is 58.2 Å². The molecule has 2 heterocycles. The van der Waals surface area contributed by atoms with Gasteiger partial charge in [0.15, 0.2) is 0 Å². The van der Waals surface area contributed by atoms with E-state index in [0.717, 1.165) is 38.5 Å². The Morgan fingerprint density at radius 3 is 1.62 bits per heavy atom. The first-order valence-electron chi connectivity index (χ1n) is 10.9. The van der Waals surface area contributed by atoms with Crippen LogP contribution in [0.3, 0.4) is 0 Å². The Hall–Kier alpha value is -1.06. The van der Waals surface area contributed by atoms with E-state index >= 15 is 0 Å². The Labute approximate surface area is 153 Å². The molecule has 0 amide bonds. The molecule has 2 saturated heterocycles. The molecule has 8 aliphatic rings. The zero-order chi connectivity index (χ0) is 17.4. The van der Waals surface area contributed by atoms with Crippen molar-refractivity contribution in [2.24, 2.45) is 58.2 Å². The molecule has 138 valence electrons. The summed E-state index contributed by atoms with van der Waals surface area (Å²) in [6, 6.07) is 0. The Kier molecular flexibility index (Phi) is 1.83. The van der Waals surface area contributed by atoms with E-state index in [2.05, 4.69) is 13.8 Å². The van der Waals surface area contributed by atoms with Crippen molar-refractivity contribution >= 4 is 11.9 Å². The summed E-state index contributed by atoms with van der Waals surface area (Å²) in [4.78, 5) is 26.8. The van der Waals surface area contributed by atoms with Gasteiger partial charge in [0.2, 0.25) is 0 Å². The van der Waals surface area contributed by atoms with E-state index < -0.39 is 0 Å². The number of carbonyl (C=O) groups excluding carboxylic acids is 2. The zero-order valence-electron chi connectivity index (χ0n) is 15.5. The highest BCUT2D eigenvalue weighted by molar-refractivity contribution is 5.86. The smallest absolute Gasteiger partial charge is 0.313 e. The standard InChI is InChI=1S/C22H26O4/c1-19-13-9-5-3-8-22(9)16-11(13)12-14(20(16,2)18(24)26-22)10-6-4-7-21(10,15(12)19)25-17(19)23/h9-16H,3-8H2,1-2H3/t9-,10+,11+,12-,13-,14-,15-,16+,19+,20-,21-,22-/m0/s1. The summed E-state index contributed by atoms with van der Waals surface area (Å²) in [6.07, 6.45) is 6.61. The first kappa shape index (κ1) is 14.0. The van der Waals surface area contributed by atoms with Gasteiger partial charge in [0, 0.05) is 23.7 Å². The average Bonchev–Trinajstić information content (AvgIpc) is 3.35. The average molecular weight is 354 g/mol. The second-order valence-electron chi connectivity index (χ2n) is 11.4. The lowest BCUT2D eigenvalue weighted by Crippen LogP contribution is -2.45. The summed E-state index contributed by atoms with van der Waals surface area (Å²) in [7, 11) is 0. The molecule has 0 aromatic carbocycles.